The third-order valence-corrected chi connectivity index (χ3v) is 11.4. The molecule has 7 nitrogen and oxygen atoms in total. The average Bonchev–Trinajstić information content (AvgIpc) is 3.25. The molecule has 0 N–H and O–H groups in total. The Kier molecular flexibility index (Phi) is 10.00. The minimum atomic E-state index is -3.70. The predicted molar refractivity (Wildman–Crippen MR) is 182 cm³/mol. The Morgan fingerprint density at radius 3 is 2.30 bits per heavy atom. The first-order valence-electron chi connectivity index (χ1n) is 15.5. The van der Waals surface area contributed by atoms with Crippen molar-refractivity contribution in [2.24, 2.45) is 11.8 Å². The van der Waals surface area contributed by atoms with Crippen LogP contribution in [0.5, 0.6) is 5.75 Å². The topological polar surface area (TPSA) is 62.3 Å². The van der Waals surface area contributed by atoms with Crippen LogP contribution in [0.15, 0.2) is 82.2 Å². The monoisotopic (exact) mass is 683 g/mol. The summed E-state index contributed by atoms with van der Waals surface area (Å²) in [6.45, 7) is 11.1. The highest BCUT2D eigenvalue weighted by Crippen LogP contribution is 2.38. The maximum Gasteiger partial charge on any atom is 0.243 e. The second-order valence-electron chi connectivity index (χ2n) is 13.3. The highest BCUT2D eigenvalue weighted by atomic mass is 79.9. The molecule has 9 heteroatoms. The largest absolute Gasteiger partial charge is 0.497 e. The number of nitrogens with zero attached hydrogens (tertiary/aromatic N) is 3. The van der Waals surface area contributed by atoms with Gasteiger partial charge in [-0.3, -0.25) is 0 Å². The first kappa shape index (κ1) is 32.8. The van der Waals surface area contributed by atoms with Crippen molar-refractivity contribution >= 4 is 37.3 Å². The smallest absolute Gasteiger partial charge is 0.243 e. The number of para-hydroxylation sites is 1. The summed E-state index contributed by atoms with van der Waals surface area (Å²) in [4.78, 5) is 5.05. The van der Waals surface area contributed by atoms with E-state index in [1.807, 2.05) is 19.9 Å². The van der Waals surface area contributed by atoms with Gasteiger partial charge in [-0.1, -0.05) is 38.1 Å². The summed E-state index contributed by atoms with van der Waals surface area (Å²) in [7, 11) is 0.0493. The van der Waals surface area contributed by atoms with E-state index in [0.29, 0.717) is 24.9 Å². The number of likely N-dealkylation sites (N-methyl/N-ethyl adjacent to an activating group) is 1. The van der Waals surface area contributed by atoms with Crippen LogP contribution >= 0.6 is 15.9 Å². The van der Waals surface area contributed by atoms with Gasteiger partial charge in [-0.15, -0.1) is 0 Å². The van der Waals surface area contributed by atoms with Crippen LogP contribution in [0.1, 0.15) is 39.7 Å². The van der Waals surface area contributed by atoms with Crippen LogP contribution in [-0.2, 0) is 21.2 Å². The molecule has 3 aromatic carbocycles. The lowest BCUT2D eigenvalue weighted by molar-refractivity contribution is -0.0277. The second kappa shape index (κ2) is 13.4. The molecule has 0 amide bonds. The van der Waals surface area contributed by atoms with Crippen LogP contribution in [0.4, 0.5) is 11.4 Å². The van der Waals surface area contributed by atoms with E-state index in [2.05, 4.69) is 89.1 Å². The molecular formula is C35H46BrN3O4S. The van der Waals surface area contributed by atoms with Gasteiger partial charge in [-0.25, -0.2) is 8.42 Å². The van der Waals surface area contributed by atoms with Crippen molar-refractivity contribution in [2.75, 3.05) is 50.1 Å². The summed E-state index contributed by atoms with van der Waals surface area (Å²) < 4.78 is 42.1. The van der Waals surface area contributed by atoms with E-state index in [9.17, 15) is 8.42 Å². The van der Waals surface area contributed by atoms with Gasteiger partial charge in [0.15, 0.2) is 0 Å². The van der Waals surface area contributed by atoms with Crippen molar-refractivity contribution in [3.05, 3.63) is 82.8 Å². The molecule has 2 saturated heterocycles. The van der Waals surface area contributed by atoms with Crippen LogP contribution in [-0.4, -0.2) is 70.8 Å². The van der Waals surface area contributed by atoms with Crippen molar-refractivity contribution in [3.63, 3.8) is 0 Å². The van der Waals surface area contributed by atoms with Gasteiger partial charge in [0.25, 0.3) is 0 Å². The number of ether oxygens (including phenoxy) is 2. The predicted octanol–water partition coefficient (Wildman–Crippen LogP) is 6.86. The van der Waals surface area contributed by atoms with Crippen molar-refractivity contribution < 1.29 is 17.9 Å². The lowest BCUT2D eigenvalue weighted by Crippen LogP contribution is -2.59. The first-order chi connectivity index (χ1) is 20.9. The molecule has 0 radical (unpaired) electrons. The molecule has 44 heavy (non-hydrogen) atoms. The van der Waals surface area contributed by atoms with E-state index in [1.54, 1.807) is 35.7 Å². The van der Waals surface area contributed by atoms with Gasteiger partial charge in [0.05, 0.1) is 35.4 Å². The molecule has 2 aliphatic rings. The number of hydrogen-bond donors (Lipinski definition) is 0. The molecule has 0 aliphatic carbocycles. The zero-order valence-electron chi connectivity index (χ0n) is 26.7. The van der Waals surface area contributed by atoms with E-state index < -0.39 is 10.0 Å². The molecule has 3 aromatic rings. The number of anilines is 2. The molecule has 0 saturated carbocycles. The summed E-state index contributed by atoms with van der Waals surface area (Å²) in [5.74, 6) is 1.02. The van der Waals surface area contributed by atoms with Crippen LogP contribution in [0, 0.1) is 11.8 Å². The Bertz CT molecular complexity index is 1510. The SMILES string of the molecule is COc1ccc(S(=O)(=O)N(CC(C)C)C[C@H]2OC(C)(C)C[C@H]2Cc2ccc(N(C)C3CN(c4ccccc4Br)C3)cc2)cc1. The molecule has 2 fully saturated rings. The third kappa shape index (κ3) is 7.44. The molecule has 0 unspecified atom stereocenters. The summed E-state index contributed by atoms with van der Waals surface area (Å²) in [6.07, 6.45) is 1.53. The molecular weight excluding hydrogens is 638 g/mol. The highest BCUT2D eigenvalue weighted by molar-refractivity contribution is 9.10. The Labute approximate surface area is 272 Å². The van der Waals surface area contributed by atoms with Crippen molar-refractivity contribution in [1.29, 1.82) is 0 Å². The Morgan fingerprint density at radius 2 is 1.68 bits per heavy atom. The lowest BCUT2D eigenvalue weighted by Gasteiger charge is -2.46. The molecule has 2 heterocycles. The van der Waals surface area contributed by atoms with Crippen LogP contribution in [0.25, 0.3) is 0 Å². The summed E-state index contributed by atoms with van der Waals surface area (Å²) >= 11 is 3.68. The summed E-state index contributed by atoms with van der Waals surface area (Å²) in [6, 6.07) is 24.4. The molecule has 2 atom stereocenters. The van der Waals surface area contributed by atoms with Crippen LogP contribution in [0.3, 0.4) is 0 Å². The van der Waals surface area contributed by atoms with Crippen LogP contribution in [0.2, 0.25) is 0 Å². The molecule has 0 bridgehead atoms. The maximum atomic E-state index is 13.8. The Balaban J connectivity index is 1.25. The zero-order valence-corrected chi connectivity index (χ0v) is 29.1. The van der Waals surface area contributed by atoms with Crippen molar-refractivity contribution in [3.8, 4) is 5.75 Å². The van der Waals surface area contributed by atoms with Gasteiger partial charge in [0, 0.05) is 43.4 Å². The van der Waals surface area contributed by atoms with Crippen LogP contribution < -0.4 is 14.5 Å². The minimum Gasteiger partial charge on any atom is -0.497 e. The molecule has 0 aromatic heterocycles. The number of hydrogen-bond acceptors (Lipinski definition) is 6. The van der Waals surface area contributed by atoms with E-state index in [1.165, 1.54) is 16.9 Å². The first-order valence-corrected chi connectivity index (χ1v) is 17.7. The van der Waals surface area contributed by atoms with Gasteiger partial charge in [-0.05, 0) is 109 Å². The number of halogens is 1. The fourth-order valence-electron chi connectivity index (χ4n) is 6.47. The molecule has 2 aliphatic heterocycles. The van der Waals surface area contributed by atoms with Gasteiger partial charge in [-0.2, -0.15) is 4.31 Å². The van der Waals surface area contributed by atoms with Gasteiger partial charge < -0.3 is 19.3 Å². The Morgan fingerprint density at radius 1 is 1.02 bits per heavy atom. The second-order valence-corrected chi connectivity index (χ2v) is 16.1. The lowest BCUT2D eigenvalue weighted by atomic mass is 9.88. The minimum absolute atomic E-state index is 0.178. The van der Waals surface area contributed by atoms with Crippen molar-refractivity contribution in [2.45, 2.75) is 63.2 Å². The van der Waals surface area contributed by atoms with Crippen molar-refractivity contribution in [1.82, 2.24) is 4.31 Å². The normalized spacial score (nSPS) is 20.2. The fourth-order valence-corrected chi connectivity index (χ4v) is 8.62. The number of benzene rings is 3. The number of methoxy groups -OCH3 is 1. The summed E-state index contributed by atoms with van der Waals surface area (Å²) in [5, 5.41) is 0. The standard InChI is InChI=1S/C35H46BrN3O4S/c1-25(2)21-39(44(40,41)31-17-15-30(42-6)16-18-31)24-34-27(20-35(3,4)43-34)19-26-11-13-28(14-12-26)37(5)29-22-38(23-29)33-10-8-7-9-32(33)36/h7-18,25,27,29,34H,19-24H2,1-6H3/t27-,34-/m1/s1. The highest BCUT2D eigenvalue weighted by Gasteiger charge is 2.42. The zero-order chi connectivity index (χ0) is 31.6. The van der Waals surface area contributed by atoms with E-state index in [-0.39, 0.29) is 28.4 Å². The van der Waals surface area contributed by atoms with Gasteiger partial charge >= 0.3 is 0 Å². The molecule has 238 valence electrons. The molecule has 0 spiro atoms. The molecule has 5 rings (SSSR count). The van der Waals surface area contributed by atoms with E-state index in [4.69, 9.17) is 9.47 Å². The summed E-state index contributed by atoms with van der Waals surface area (Å²) in [5.41, 5.74) is 3.38. The maximum absolute atomic E-state index is 13.8. The third-order valence-electron chi connectivity index (χ3n) is 8.84. The fraction of sp³-hybridized carbons (Fsp3) is 0.486. The number of rotatable bonds is 12. The van der Waals surface area contributed by atoms with Gasteiger partial charge in [0.1, 0.15) is 5.75 Å². The Hall–Kier alpha value is -2.59. The quantitative estimate of drug-likeness (QED) is 0.208. The average molecular weight is 685 g/mol. The van der Waals surface area contributed by atoms with E-state index in [0.717, 1.165) is 30.4 Å². The van der Waals surface area contributed by atoms with Gasteiger partial charge in [0.2, 0.25) is 10.0 Å². The number of sulfonamides is 1. The van der Waals surface area contributed by atoms with E-state index >= 15 is 0 Å².